The molecule has 0 saturated carbocycles. The van der Waals surface area contributed by atoms with Gasteiger partial charge >= 0.3 is 0 Å². The molecule has 0 aliphatic carbocycles. The zero-order valence-electron chi connectivity index (χ0n) is 12.9. The van der Waals surface area contributed by atoms with E-state index in [1.165, 1.54) is 11.6 Å². The highest BCUT2D eigenvalue weighted by atomic mass is 16.5. The van der Waals surface area contributed by atoms with Crippen LogP contribution in [0.1, 0.15) is 34.9 Å². The summed E-state index contributed by atoms with van der Waals surface area (Å²) < 4.78 is 11.0. The van der Waals surface area contributed by atoms with E-state index < -0.39 is 0 Å². The van der Waals surface area contributed by atoms with Crippen LogP contribution < -0.4 is 5.43 Å². The highest BCUT2D eigenvalue weighted by Gasteiger charge is 2.14. The van der Waals surface area contributed by atoms with E-state index in [4.69, 9.17) is 9.15 Å². The minimum absolute atomic E-state index is 0.00916. The Kier molecular flexibility index (Phi) is 3.71. The van der Waals surface area contributed by atoms with Gasteiger partial charge in [0.25, 0.3) is 0 Å². The lowest BCUT2D eigenvalue weighted by Gasteiger charge is -2.12. The van der Waals surface area contributed by atoms with E-state index in [0.29, 0.717) is 22.5 Å². The molecule has 0 radical (unpaired) electrons. The predicted octanol–water partition coefficient (Wildman–Crippen LogP) is 4.03. The number of rotatable bonds is 2. The van der Waals surface area contributed by atoms with Crippen molar-refractivity contribution in [1.29, 1.82) is 0 Å². The van der Waals surface area contributed by atoms with Crippen LogP contribution in [0.4, 0.5) is 0 Å². The molecule has 106 valence electrons. The first kappa shape index (κ1) is 14.4. The van der Waals surface area contributed by atoms with Crippen LogP contribution in [-0.4, -0.2) is 7.11 Å². The summed E-state index contributed by atoms with van der Waals surface area (Å²) in [4.78, 5) is 12.4. The molecule has 0 atom stereocenters. The lowest BCUT2D eigenvalue weighted by Crippen LogP contribution is -2.06. The molecule has 0 saturated heterocycles. The molecular weight excluding hydrogens is 252 g/mol. The number of allylic oxidation sites excluding steroid dienone is 1. The van der Waals surface area contributed by atoms with Crippen molar-refractivity contribution in [1.82, 2.24) is 0 Å². The fourth-order valence-corrected chi connectivity index (χ4v) is 2.38. The lowest BCUT2D eigenvalue weighted by atomic mass is 9.95. The average Bonchev–Trinajstić information content (AvgIpc) is 2.42. The van der Waals surface area contributed by atoms with Crippen molar-refractivity contribution < 1.29 is 9.15 Å². The molecule has 1 aromatic heterocycles. The summed E-state index contributed by atoms with van der Waals surface area (Å²) in [5.41, 5.74) is 5.00. The first-order valence-corrected chi connectivity index (χ1v) is 6.63. The van der Waals surface area contributed by atoms with Crippen molar-refractivity contribution in [2.45, 2.75) is 34.6 Å². The monoisotopic (exact) mass is 272 g/mol. The van der Waals surface area contributed by atoms with Gasteiger partial charge in [-0.3, -0.25) is 4.79 Å². The van der Waals surface area contributed by atoms with Crippen LogP contribution in [-0.2, 0) is 4.74 Å². The zero-order chi connectivity index (χ0) is 15.0. The first-order chi connectivity index (χ1) is 9.36. The minimum atomic E-state index is -0.00916. The zero-order valence-corrected chi connectivity index (χ0v) is 12.9. The van der Waals surface area contributed by atoms with Gasteiger partial charge in [-0.1, -0.05) is 0 Å². The Balaban J connectivity index is 2.89. The maximum absolute atomic E-state index is 12.4. The van der Waals surface area contributed by atoms with Crippen LogP contribution in [0.5, 0.6) is 0 Å². The van der Waals surface area contributed by atoms with Gasteiger partial charge in [-0.2, -0.15) is 0 Å². The summed E-state index contributed by atoms with van der Waals surface area (Å²) >= 11 is 0. The van der Waals surface area contributed by atoms with Crippen LogP contribution in [0.25, 0.3) is 17.0 Å². The van der Waals surface area contributed by atoms with Crippen LogP contribution >= 0.6 is 0 Å². The highest BCUT2D eigenvalue weighted by Crippen LogP contribution is 2.28. The third-order valence-electron chi connectivity index (χ3n) is 4.04. The maximum Gasteiger partial charge on any atom is 0.193 e. The summed E-state index contributed by atoms with van der Waals surface area (Å²) in [6, 6.07) is 1.52. The minimum Gasteiger partial charge on any atom is -0.501 e. The van der Waals surface area contributed by atoms with Gasteiger partial charge in [-0.15, -0.1) is 0 Å². The summed E-state index contributed by atoms with van der Waals surface area (Å²) in [5.74, 6) is 1.22. The molecule has 20 heavy (non-hydrogen) atoms. The summed E-state index contributed by atoms with van der Waals surface area (Å²) in [7, 11) is 1.59. The second kappa shape index (κ2) is 5.16. The Morgan fingerprint density at radius 2 is 1.70 bits per heavy atom. The Morgan fingerprint density at radius 3 is 2.30 bits per heavy atom. The smallest absolute Gasteiger partial charge is 0.193 e. The van der Waals surface area contributed by atoms with E-state index in [1.54, 1.807) is 13.2 Å². The van der Waals surface area contributed by atoms with E-state index >= 15 is 0 Å². The normalized spacial score (nSPS) is 12.0. The summed E-state index contributed by atoms with van der Waals surface area (Å²) in [6.07, 6.45) is 1.73. The number of aryl methyl sites for hydroxylation is 2. The number of benzene rings is 1. The molecule has 0 fully saturated rings. The molecular formula is C17H20O3. The number of hydrogen-bond donors (Lipinski definition) is 0. The van der Waals surface area contributed by atoms with E-state index in [9.17, 15) is 4.79 Å². The van der Waals surface area contributed by atoms with E-state index in [1.807, 2.05) is 27.7 Å². The molecule has 3 nitrogen and oxygen atoms in total. The Morgan fingerprint density at radius 1 is 1.10 bits per heavy atom. The van der Waals surface area contributed by atoms with Crippen LogP contribution in [0.15, 0.2) is 21.0 Å². The number of hydrogen-bond acceptors (Lipinski definition) is 3. The van der Waals surface area contributed by atoms with Crippen molar-refractivity contribution in [2.24, 2.45) is 0 Å². The van der Waals surface area contributed by atoms with E-state index in [0.717, 1.165) is 16.7 Å². The van der Waals surface area contributed by atoms with Crippen molar-refractivity contribution in [2.75, 3.05) is 7.11 Å². The molecule has 0 aliphatic heterocycles. The Hall–Kier alpha value is -2.03. The summed E-state index contributed by atoms with van der Waals surface area (Å²) in [5, 5.41) is 0.679. The topological polar surface area (TPSA) is 39.4 Å². The van der Waals surface area contributed by atoms with E-state index in [2.05, 4.69) is 6.92 Å². The number of fused-ring (bicyclic) bond motifs is 1. The molecule has 2 aromatic rings. The fraction of sp³-hybridized carbons (Fsp3) is 0.353. The standard InChI is InChI=1S/C17H20O3/c1-9(19-6)7-14-8-15(18)16-12(4)10(2)11(3)13(5)17(16)20-14/h7-8H,1-6H3/b9-7-. The van der Waals surface area contributed by atoms with Crippen molar-refractivity contribution >= 4 is 17.0 Å². The largest absolute Gasteiger partial charge is 0.501 e. The van der Waals surface area contributed by atoms with Gasteiger partial charge in [0, 0.05) is 12.1 Å². The van der Waals surface area contributed by atoms with Crippen molar-refractivity contribution in [3.8, 4) is 0 Å². The van der Waals surface area contributed by atoms with Gasteiger partial charge in [-0.05, 0) is 56.9 Å². The third kappa shape index (κ3) is 2.24. The molecule has 0 N–H and O–H groups in total. The van der Waals surface area contributed by atoms with Gasteiger partial charge in [0.05, 0.1) is 18.3 Å². The fourth-order valence-electron chi connectivity index (χ4n) is 2.38. The molecule has 0 amide bonds. The number of ether oxygens (including phenoxy) is 1. The van der Waals surface area contributed by atoms with Gasteiger partial charge < -0.3 is 9.15 Å². The number of methoxy groups -OCH3 is 1. The van der Waals surface area contributed by atoms with Gasteiger partial charge in [-0.25, -0.2) is 0 Å². The van der Waals surface area contributed by atoms with Crippen molar-refractivity contribution in [3.63, 3.8) is 0 Å². The third-order valence-corrected chi connectivity index (χ3v) is 4.04. The molecule has 0 aliphatic rings. The lowest BCUT2D eigenvalue weighted by molar-refractivity contribution is 0.297. The van der Waals surface area contributed by atoms with Crippen LogP contribution in [0.2, 0.25) is 0 Å². The van der Waals surface area contributed by atoms with Crippen LogP contribution in [0.3, 0.4) is 0 Å². The molecule has 0 spiro atoms. The Bertz CT molecular complexity index is 764. The molecule has 0 bridgehead atoms. The first-order valence-electron chi connectivity index (χ1n) is 6.63. The quantitative estimate of drug-likeness (QED) is 0.775. The molecule has 0 unspecified atom stereocenters. The second-order valence-corrected chi connectivity index (χ2v) is 5.18. The molecule has 2 rings (SSSR count). The summed E-state index contributed by atoms with van der Waals surface area (Å²) in [6.45, 7) is 9.88. The van der Waals surface area contributed by atoms with E-state index in [-0.39, 0.29) is 5.43 Å². The molecule has 1 aromatic carbocycles. The molecule has 3 heteroatoms. The predicted molar refractivity (Wildman–Crippen MR) is 82.1 cm³/mol. The SMILES string of the molecule is CO/C(C)=C\c1cc(=O)c2c(C)c(C)c(C)c(C)c2o1. The highest BCUT2D eigenvalue weighted by molar-refractivity contribution is 5.86. The van der Waals surface area contributed by atoms with Gasteiger partial charge in [0.2, 0.25) is 0 Å². The van der Waals surface area contributed by atoms with Gasteiger partial charge in [0.15, 0.2) is 5.43 Å². The van der Waals surface area contributed by atoms with Crippen molar-refractivity contribution in [3.05, 3.63) is 50.1 Å². The average molecular weight is 272 g/mol. The maximum atomic E-state index is 12.4. The Labute approximate surface area is 118 Å². The van der Waals surface area contributed by atoms with Gasteiger partial charge in [0.1, 0.15) is 11.3 Å². The second-order valence-electron chi connectivity index (χ2n) is 5.18. The molecule has 1 heterocycles. The van der Waals surface area contributed by atoms with Crippen LogP contribution in [0, 0.1) is 27.7 Å².